The van der Waals surface area contributed by atoms with Crippen molar-refractivity contribution in [1.82, 2.24) is 0 Å². The number of quaternary nitrogens is 1. The average Bonchev–Trinajstić information content (AvgIpc) is 2.23. The van der Waals surface area contributed by atoms with Crippen LogP contribution in [0.25, 0.3) is 0 Å². The van der Waals surface area contributed by atoms with Crippen LogP contribution < -0.4 is 0 Å². The van der Waals surface area contributed by atoms with Crippen molar-refractivity contribution in [3.05, 3.63) is 12.2 Å². The van der Waals surface area contributed by atoms with Crippen LogP contribution in [0.2, 0.25) is 0 Å². The van der Waals surface area contributed by atoms with Gasteiger partial charge in [-0.25, -0.2) is 4.79 Å². The third kappa shape index (κ3) is 5.88. The second-order valence-corrected chi connectivity index (χ2v) is 4.49. The van der Waals surface area contributed by atoms with E-state index in [0.29, 0.717) is 23.3 Å². The molecule has 0 saturated heterocycles. The fraction of sp³-hybridized carbons (Fsp3) is 0.750. The highest BCUT2D eigenvalue weighted by Crippen LogP contribution is 2.07. The summed E-state index contributed by atoms with van der Waals surface area (Å²) in [6.45, 7) is 9.18. The van der Waals surface area contributed by atoms with Crippen LogP contribution in [0.4, 0.5) is 0 Å². The van der Waals surface area contributed by atoms with Crippen LogP contribution in [0, 0.1) is 0 Å². The molecule has 1 N–H and O–H groups in total. The number of ether oxygens (including phenoxy) is 1. The Morgan fingerprint density at radius 3 is 2.50 bits per heavy atom. The summed E-state index contributed by atoms with van der Waals surface area (Å²) >= 11 is 0. The maximum absolute atomic E-state index is 11.3. The molecule has 0 amide bonds. The summed E-state index contributed by atoms with van der Waals surface area (Å²) in [7, 11) is 1.98. The lowest BCUT2D eigenvalue weighted by molar-refractivity contribution is -0.926. The zero-order valence-electron chi connectivity index (χ0n) is 10.7. The summed E-state index contributed by atoms with van der Waals surface area (Å²) in [5.41, 5.74) is 0.408. The van der Waals surface area contributed by atoms with E-state index >= 15 is 0 Å². The first-order valence-electron chi connectivity index (χ1n) is 5.72. The van der Waals surface area contributed by atoms with E-state index < -0.39 is 0 Å². The zero-order chi connectivity index (χ0) is 12.6. The molecule has 0 aliphatic heterocycles. The van der Waals surface area contributed by atoms with Crippen LogP contribution in [0.1, 0.15) is 26.7 Å². The third-order valence-corrected chi connectivity index (χ3v) is 2.55. The molecule has 1 atom stereocenters. The first-order chi connectivity index (χ1) is 7.45. The first kappa shape index (κ1) is 15.1. The van der Waals surface area contributed by atoms with Crippen LogP contribution in [0.15, 0.2) is 12.2 Å². The van der Waals surface area contributed by atoms with E-state index in [1.54, 1.807) is 6.92 Å². The van der Waals surface area contributed by atoms with Crippen molar-refractivity contribution in [2.45, 2.75) is 26.7 Å². The van der Waals surface area contributed by atoms with Gasteiger partial charge in [-0.05, 0) is 13.3 Å². The topological polar surface area (TPSA) is 46.5 Å². The Kier molecular flexibility index (Phi) is 7.01. The van der Waals surface area contributed by atoms with E-state index in [0.717, 1.165) is 19.4 Å². The number of hydrogen-bond donors (Lipinski definition) is 1. The Labute approximate surface area is 98.1 Å². The fourth-order valence-electron chi connectivity index (χ4n) is 1.36. The number of nitrogens with zero attached hydrogens (tertiary/aromatic N) is 1. The molecule has 0 spiro atoms. The quantitative estimate of drug-likeness (QED) is 0.296. The molecular weight excluding hydrogens is 206 g/mol. The minimum Gasteiger partial charge on any atom is -0.412 e. The van der Waals surface area contributed by atoms with Gasteiger partial charge in [-0.3, -0.25) is 4.48 Å². The number of carbonyl (C=O) groups is 1. The van der Waals surface area contributed by atoms with Gasteiger partial charge in [0.25, 0.3) is 0 Å². The van der Waals surface area contributed by atoms with E-state index in [-0.39, 0.29) is 12.6 Å². The number of carbonyl (C=O) groups excluding carboxylic acids is 1. The Hall–Kier alpha value is -0.870. The summed E-state index contributed by atoms with van der Waals surface area (Å²) in [6.07, 6.45) is 2.15. The Bertz CT molecular complexity index is 240. The monoisotopic (exact) mass is 230 g/mol. The molecule has 0 aliphatic rings. The van der Waals surface area contributed by atoms with Crippen molar-refractivity contribution in [2.75, 3.05) is 33.5 Å². The molecule has 4 nitrogen and oxygen atoms in total. The largest absolute Gasteiger partial charge is 0.412 e. The molecule has 0 fully saturated rings. The number of unbranched alkanes of at least 4 members (excludes halogenated alkanes) is 1. The molecule has 0 aromatic rings. The lowest BCUT2D eigenvalue weighted by atomic mass is 10.3. The number of aliphatic hydroxyl groups is 1. The maximum Gasteiger partial charge on any atom is 0.337 e. The van der Waals surface area contributed by atoms with Gasteiger partial charge in [0.15, 0.2) is 0 Å². The van der Waals surface area contributed by atoms with Crippen LogP contribution in [-0.4, -0.2) is 49.0 Å². The summed E-state index contributed by atoms with van der Waals surface area (Å²) in [6, 6.07) is 0. The van der Waals surface area contributed by atoms with E-state index in [9.17, 15) is 4.79 Å². The lowest BCUT2D eigenvalue weighted by Crippen LogP contribution is -2.48. The van der Waals surface area contributed by atoms with Crippen molar-refractivity contribution >= 4 is 5.97 Å². The summed E-state index contributed by atoms with van der Waals surface area (Å²) in [5, 5.41) is 9.00. The molecule has 0 saturated carbocycles. The highest BCUT2D eigenvalue weighted by Gasteiger charge is 2.22. The normalized spacial score (nSPS) is 14.2. The maximum atomic E-state index is 11.3. The van der Waals surface area contributed by atoms with Crippen LogP contribution in [0.5, 0.6) is 0 Å². The molecular formula is C12H24NO3+. The van der Waals surface area contributed by atoms with Gasteiger partial charge in [0.05, 0.1) is 20.2 Å². The van der Waals surface area contributed by atoms with Gasteiger partial charge < -0.3 is 9.84 Å². The highest BCUT2D eigenvalue weighted by molar-refractivity contribution is 5.86. The standard InChI is InChI=1S/C12H24NO3/c1-5-6-7-13(4,8-9-14)10-16-12(15)11(2)3/h14H,2,5-10H2,1,3-4H3/q+1. The van der Waals surface area contributed by atoms with Gasteiger partial charge in [-0.2, -0.15) is 0 Å². The van der Waals surface area contributed by atoms with Gasteiger partial charge in [-0.1, -0.05) is 19.9 Å². The van der Waals surface area contributed by atoms with E-state index in [2.05, 4.69) is 13.5 Å². The van der Waals surface area contributed by atoms with E-state index in [1.807, 2.05) is 7.05 Å². The van der Waals surface area contributed by atoms with Crippen molar-refractivity contribution in [3.63, 3.8) is 0 Å². The SMILES string of the molecule is C=C(C)C(=O)OC[N+](C)(CCO)CCCC. The van der Waals surface area contributed by atoms with Crippen molar-refractivity contribution < 1.29 is 19.1 Å². The summed E-state index contributed by atoms with van der Waals surface area (Å²) in [4.78, 5) is 11.3. The minimum absolute atomic E-state index is 0.102. The first-order valence-corrected chi connectivity index (χ1v) is 5.72. The van der Waals surface area contributed by atoms with Crippen molar-refractivity contribution in [3.8, 4) is 0 Å². The third-order valence-electron chi connectivity index (χ3n) is 2.55. The zero-order valence-corrected chi connectivity index (χ0v) is 10.7. The van der Waals surface area contributed by atoms with Crippen LogP contribution >= 0.6 is 0 Å². The molecule has 94 valence electrons. The smallest absolute Gasteiger partial charge is 0.337 e. The molecule has 1 unspecified atom stereocenters. The number of likely N-dealkylation sites (N-methyl/N-ethyl adjacent to an activating group) is 1. The number of aliphatic hydroxyl groups excluding tert-OH is 1. The fourth-order valence-corrected chi connectivity index (χ4v) is 1.36. The molecule has 4 heteroatoms. The molecule has 0 aromatic carbocycles. The summed E-state index contributed by atoms with van der Waals surface area (Å²) in [5.74, 6) is -0.362. The van der Waals surface area contributed by atoms with Gasteiger partial charge in [-0.15, -0.1) is 0 Å². The Morgan fingerprint density at radius 2 is 2.06 bits per heavy atom. The molecule has 0 heterocycles. The predicted molar refractivity (Wildman–Crippen MR) is 63.7 cm³/mol. The summed E-state index contributed by atoms with van der Waals surface area (Å²) < 4.78 is 5.70. The van der Waals surface area contributed by atoms with Gasteiger partial charge >= 0.3 is 5.97 Å². The predicted octanol–water partition coefficient (Wildman–Crippen LogP) is 1.30. The molecule has 0 radical (unpaired) electrons. The van der Waals surface area contributed by atoms with Crippen molar-refractivity contribution in [2.24, 2.45) is 0 Å². The van der Waals surface area contributed by atoms with E-state index in [1.165, 1.54) is 0 Å². The second-order valence-electron chi connectivity index (χ2n) is 4.49. The van der Waals surface area contributed by atoms with Gasteiger partial charge in [0.1, 0.15) is 6.54 Å². The molecule has 0 rings (SSSR count). The number of rotatable bonds is 8. The Balaban J connectivity index is 4.20. The highest BCUT2D eigenvalue weighted by atomic mass is 16.5. The van der Waals surface area contributed by atoms with Gasteiger partial charge in [0, 0.05) is 5.57 Å². The minimum atomic E-state index is -0.362. The molecule has 0 aliphatic carbocycles. The average molecular weight is 230 g/mol. The second kappa shape index (κ2) is 7.41. The molecule has 0 aromatic heterocycles. The number of esters is 1. The lowest BCUT2D eigenvalue weighted by Gasteiger charge is -2.32. The Morgan fingerprint density at radius 1 is 1.44 bits per heavy atom. The molecule has 16 heavy (non-hydrogen) atoms. The van der Waals surface area contributed by atoms with Crippen molar-refractivity contribution in [1.29, 1.82) is 0 Å². The van der Waals surface area contributed by atoms with Gasteiger partial charge in [0.2, 0.25) is 6.73 Å². The van der Waals surface area contributed by atoms with Crippen LogP contribution in [0.3, 0.4) is 0 Å². The molecule has 0 bridgehead atoms. The van der Waals surface area contributed by atoms with Crippen LogP contribution in [-0.2, 0) is 9.53 Å². The van der Waals surface area contributed by atoms with E-state index in [4.69, 9.17) is 9.84 Å². The number of hydrogen-bond acceptors (Lipinski definition) is 3.